The Morgan fingerprint density at radius 2 is 2.24 bits per heavy atom. The van der Waals surface area contributed by atoms with Crippen LogP contribution in [-0.2, 0) is 13.0 Å². The summed E-state index contributed by atoms with van der Waals surface area (Å²) in [7, 11) is 1.92. The van der Waals surface area contributed by atoms with E-state index in [4.69, 9.17) is 4.42 Å². The molecular weight excluding hydrogens is 214 g/mol. The molecule has 4 nitrogen and oxygen atoms in total. The monoisotopic (exact) mass is 233 g/mol. The zero-order valence-corrected chi connectivity index (χ0v) is 10.6. The van der Waals surface area contributed by atoms with Gasteiger partial charge in [0.25, 0.3) is 0 Å². The van der Waals surface area contributed by atoms with Crippen LogP contribution < -0.4 is 5.32 Å². The lowest BCUT2D eigenvalue weighted by molar-refractivity contribution is 0.431. The fraction of sp³-hybridized carbons (Fsp3) is 0.462. The SMILES string of the molecule is CCc1ccc(C(NC)c2cn(CC)cn2)o1. The minimum Gasteiger partial charge on any atom is -0.464 e. The van der Waals surface area contributed by atoms with Crippen molar-refractivity contribution < 1.29 is 4.42 Å². The molecule has 0 spiro atoms. The molecule has 1 unspecified atom stereocenters. The number of nitrogens with zero attached hydrogens (tertiary/aromatic N) is 2. The first-order chi connectivity index (χ1) is 8.28. The highest BCUT2D eigenvalue weighted by molar-refractivity contribution is 5.20. The van der Waals surface area contributed by atoms with Crippen molar-refractivity contribution in [3.05, 3.63) is 41.9 Å². The topological polar surface area (TPSA) is 43.0 Å². The molecule has 0 amide bonds. The van der Waals surface area contributed by atoms with E-state index in [2.05, 4.69) is 34.9 Å². The summed E-state index contributed by atoms with van der Waals surface area (Å²) in [6, 6.07) is 4.07. The average Bonchev–Trinajstić information content (AvgIpc) is 2.99. The summed E-state index contributed by atoms with van der Waals surface area (Å²) in [5.74, 6) is 1.93. The molecule has 1 atom stereocenters. The van der Waals surface area contributed by atoms with Crippen molar-refractivity contribution in [3.8, 4) is 0 Å². The average molecular weight is 233 g/mol. The zero-order chi connectivity index (χ0) is 12.3. The number of nitrogens with one attached hydrogen (secondary N) is 1. The summed E-state index contributed by atoms with van der Waals surface area (Å²) in [6.45, 7) is 5.12. The number of hydrogen-bond donors (Lipinski definition) is 1. The molecule has 0 fully saturated rings. The number of rotatable bonds is 5. The Labute approximate surface area is 102 Å². The second-order valence-electron chi connectivity index (χ2n) is 4.01. The molecule has 0 saturated heterocycles. The third kappa shape index (κ3) is 2.42. The van der Waals surface area contributed by atoms with Crippen LogP contribution in [0, 0.1) is 0 Å². The highest BCUT2D eigenvalue weighted by Gasteiger charge is 2.18. The van der Waals surface area contributed by atoms with E-state index in [0.29, 0.717) is 0 Å². The van der Waals surface area contributed by atoms with Gasteiger partial charge in [0, 0.05) is 19.2 Å². The Balaban J connectivity index is 2.26. The van der Waals surface area contributed by atoms with Crippen molar-refractivity contribution in [2.75, 3.05) is 7.05 Å². The van der Waals surface area contributed by atoms with Crippen LogP contribution >= 0.6 is 0 Å². The number of furan rings is 1. The van der Waals surface area contributed by atoms with Crippen molar-refractivity contribution in [2.24, 2.45) is 0 Å². The van der Waals surface area contributed by atoms with E-state index < -0.39 is 0 Å². The molecule has 4 heteroatoms. The fourth-order valence-corrected chi connectivity index (χ4v) is 1.87. The third-order valence-corrected chi connectivity index (χ3v) is 2.92. The maximum Gasteiger partial charge on any atom is 0.127 e. The second kappa shape index (κ2) is 5.19. The van der Waals surface area contributed by atoms with E-state index in [1.54, 1.807) is 0 Å². The zero-order valence-electron chi connectivity index (χ0n) is 10.6. The Morgan fingerprint density at radius 3 is 2.76 bits per heavy atom. The maximum absolute atomic E-state index is 5.77. The normalized spacial score (nSPS) is 12.9. The van der Waals surface area contributed by atoms with E-state index in [1.807, 2.05) is 25.5 Å². The number of aryl methyl sites for hydroxylation is 2. The Kier molecular flexibility index (Phi) is 3.64. The van der Waals surface area contributed by atoms with Crippen LogP contribution in [0.2, 0.25) is 0 Å². The summed E-state index contributed by atoms with van der Waals surface area (Å²) < 4.78 is 7.83. The van der Waals surface area contributed by atoms with Crippen molar-refractivity contribution >= 4 is 0 Å². The van der Waals surface area contributed by atoms with Crippen molar-refractivity contribution in [1.82, 2.24) is 14.9 Å². The highest BCUT2D eigenvalue weighted by atomic mass is 16.3. The summed E-state index contributed by atoms with van der Waals surface area (Å²) in [5, 5.41) is 3.24. The lowest BCUT2D eigenvalue weighted by atomic mass is 10.2. The molecule has 2 aromatic rings. The Bertz CT molecular complexity index is 430. The van der Waals surface area contributed by atoms with E-state index in [9.17, 15) is 0 Å². The van der Waals surface area contributed by atoms with Crippen molar-refractivity contribution in [3.63, 3.8) is 0 Å². The van der Waals surface area contributed by atoms with Crippen molar-refractivity contribution in [1.29, 1.82) is 0 Å². The van der Waals surface area contributed by atoms with Gasteiger partial charge in [-0.3, -0.25) is 0 Å². The van der Waals surface area contributed by atoms with Gasteiger partial charge in [-0.15, -0.1) is 0 Å². The maximum atomic E-state index is 5.77. The van der Waals surface area contributed by atoms with Gasteiger partial charge in [-0.25, -0.2) is 4.98 Å². The Hall–Kier alpha value is -1.55. The van der Waals surface area contributed by atoms with Gasteiger partial charge in [-0.05, 0) is 26.1 Å². The first-order valence-corrected chi connectivity index (χ1v) is 6.06. The molecule has 0 saturated carbocycles. The van der Waals surface area contributed by atoms with Crippen LogP contribution in [0.1, 0.15) is 37.1 Å². The van der Waals surface area contributed by atoms with Gasteiger partial charge in [-0.2, -0.15) is 0 Å². The molecule has 0 radical (unpaired) electrons. The first-order valence-electron chi connectivity index (χ1n) is 6.06. The minimum absolute atomic E-state index is 0.0306. The second-order valence-corrected chi connectivity index (χ2v) is 4.01. The molecule has 2 rings (SSSR count). The summed E-state index contributed by atoms with van der Waals surface area (Å²) in [5.41, 5.74) is 0.992. The van der Waals surface area contributed by atoms with Crippen LogP contribution in [0.3, 0.4) is 0 Å². The predicted octanol–water partition coefficient (Wildman–Crippen LogP) is 2.37. The van der Waals surface area contributed by atoms with E-state index in [0.717, 1.165) is 30.2 Å². The van der Waals surface area contributed by atoms with Crippen molar-refractivity contribution in [2.45, 2.75) is 32.9 Å². The minimum atomic E-state index is 0.0306. The summed E-state index contributed by atoms with van der Waals surface area (Å²) in [6.07, 6.45) is 4.82. The third-order valence-electron chi connectivity index (χ3n) is 2.92. The number of hydrogen-bond acceptors (Lipinski definition) is 3. The van der Waals surface area contributed by atoms with Gasteiger partial charge < -0.3 is 14.3 Å². The van der Waals surface area contributed by atoms with Gasteiger partial charge in [0.1, 0.15) is 17.6 Å². The van der Waals surface area contributed by atoms with Gasteiger partial charge in [0.05, 0.1) is 12.0 Å². The van der Waals surface area contributed by atoms with E-state index in [1.165, 1.54) is 0 Å². The largest absolute Gasteiger partial charge is 0.464 e. The molecule has 0 aliphatic rings. The lowest BCUT2D eigenvalue weighted by Gasteiger charge is -2.10. The number of imidazole rings is 1. The van der Waals surface area contributed by atoms with Gasteiger partial charge in [0.15, 0.2) is 0 Å². The van der Waals surface area contributed by atoms with Crippen LogP contribution in [0.15, 0.2) is 29.1 Å². The van der Waals surface area contributed by atoms with Crippen LogP contribution in [0.4, 0.5) is 0 Å². The molecule has 0 bridgehead atoms. The van der Waals surface area contributed by atoms with E-state index >= 15 is 0 Å². The highest BCUT2D eigenvalue weighted by Crippen LogP contribution is 2.22. The Morgan fingerprint density at radius 1 is 1.41 bits per heavy atom. The van der Waals surface area contributed by atoms with Crippen LogP contribution in [-0.4, -0.2) is 16.6 Å². The lowest BCUT2D eigenvalue weighted by Crippen LogP contribution is -2.17. The van der Waals surface area contributed by atoms with Gasteiger partial charge in [0.2, 0.25) is 0 Å². The standard InChI is InChI=1S/C13H19N3O/c1-4-10-6-7-12(17-10)13(14-3)11-8-16(5-2)9-15-11/h6-9,13-14H,4-5H2,1-3H3. The molecule has 0 aliphatic carbocycles. The first kappa shape index (κ1) is 11.9. The summed E-state index contributed by atoms with van der Waals surface area (Å²) >= 11 is 0. The molecule has 0 aromatic carbocycles. The van der Waals surface area contributed by atoms with E-state index in [-0.39, 0.29) is 6.04 Å². The van der Waals surface area contributed by atoms with Crippen LogP contribution in [0.5, 0.6) is 0 Å². The molecule has 1 N–H and O–H groups in total. The molecule has 2 heterocycles. The van der Waals surface area contributed by atoms with Crippen LogP contribution in [0.25, 0.3) is 0 Å². The number of aromatic nitrogens is 2. The molecule has 92 valence electrons. The molecule has 0 aliphatic heterocycles. The molecule has 17 heavy (non-hydrogen) atoms. The smallest absolute Gasteiger partial charge is 0.127 e. The fourth-order valence-electron chi connectivity index (χ4n) is 1.87. The van der Waals surface area contributed by atoms with Gasteiger partial charge in [-0.1, -0.05) is 6.92 Å². The van der Waals surface area contributed by atoms with Gasteiger partial charge >= 0.3 is 0 Å². The quantitative estimate of drug-likeness (QED) is 0.862. The molecular formula is C13H19N3O. The predicted molar refractivity (Wildman–Crippen MR) is 66.9 cm³/mol. The summed E-state index contributed by atoms with van der Waals surface area (Å²) in [4.78, 5) is 4.41. The molecule has 2 aromatic heterocycles.